The van der Waals surface area contributed by atoms with E-state index in [-0.39, 0.29) is 17.7 Å². The van der Waals surface area contributed by atoms with Crippen molar-refractivity contribution in [2.24, 2.45) is 0 Å². The second kappa shape index (κ2) is 7.87. The summed E-state index contributed by atoms with van der Waals surface area (Å²) in [6.45, 7) is 3.54. The standard InChI is InChI=1S/C21H23N3O2/c1-14(24-15(2)25)21(26)23-12-18(16-8-4-3-5-9-16)19-13-22-20-11-7-6-10-17(19)20/h3-11,13-14,18,22H,12H2,1-2H3,(H,23,26)(H,24,25). The molecule has 2 atom stereocenters. The highest BCUT2D eigenvalue weighted by molar-refractivity contribution is 5.87. The fourth-order valence-electron chi connectivity index (χ4n) is 3.20. The highest BCUT2D eigenvalue weighted by atomic mass is 16.2. The van der Waals surface area contributed by atoms with Gasteiger partial charge in [-0.3, -0.25) is 9.59 Å². The highest BCUT2D eigenvalue weighted by Crippen LogP contribution is 2.30. The molecular formula is C21H23N3O2. The van der Waals surface area contributed by atoms with E-state index < -0.39 is 6.04 Å². The van der Waals surface area contributed by atoms with Crippen LogP contribution in [0.3, 0.4) is 0 Å². The molecule has 5 nitrogen and oxygen atoms in total. The lowest BCUT2D eigenvalue weighted by atomic mass is 9.91. The maximum absolute atomic E-state index is 12.3. The molecule has 0 aliphatic carbocycles. The van der Waals surface area contributed by atoms with Crippen molar-refractivity contribution in [2.75, 3.05) is 6.54 Å². The number of H-pyrrole nitrogens is 1. The van der Waals surface area contributed by atoms with Crippen LogP contribution in [-0.4, -0.2) is 29.4 Å². The van der Waals surface area contributed by atoms with Crippen LogP contribution in [0.2, 0.25) is 0 Å². The number of hydrogen-bond acceptors (Lipinski definition) is 2. The van der Waals surface area contributed by atoms with Crippen molar-refractivity contribution in [2.45, 2.75) is 25.8 Å². The van der Waals surface area contributed by atoms with Gasteiger partial charge in [0.05, 0.1) is 0 Å². The van der Waals surface area contributed by atoms with Gasteiger partial charge < -0.3 is 15.6 Å². The first-order valence-corrected chi connectivity index (χ1v) is 8.72. The Balaban J connectivity index is 1.86. The zero-order valence-corrected chi connectivity index (χ0v) is 15.0. The minimum absolute atomic E-state index is 0.0147. The molecule has 5 heteroatoms. The molecule has 1 aromatic heterocycles. The van der Waals surface area contributed by atoms with E-state index in [9.17, 15) is 9.59 Å². The third kappa shape index (κ3) is 3.94. The molecule has 0 aliphatic heterocycles. The van der Waals surface area contributed by atoms with Crippen LogP contribution in [0.25, 0.3) is 10.9 Å². The van der Waals surface area contributed by atoms with Gasteiger partial charge in [-0.1, -0.05) is 48.5 Å². The first kappa shape index (κ1) is 17.7. The lowest BCUT2D eigenvalue weighted by molar-refractivity contribution is -0.127. The predicted molar refractivity (Wildman–Crippen MR) is 103 cm³/mol. The Morgan fingerprint density at radius 2 is 1.73 bits per heavy atom. The molecule has 26 heavy (non-hydrogen) atoms. The van der Waals surface area contributed by atoms with Crippen LogP contribution in [0.5, 0.6) is 0 Å². The highest BCUT2D eigenvalue weighted by Gasteiger charge is 2.20. The first-order valence-electron chi connectivity index (χ1n) is 8.72. The summed E-state index contributed by atoms with van der Waals surface area (Å²) < 4.78 is 0. The topological polar surface area (TPSA) is 74.0 Å². The van der Waals surface area contributed by atoms with E-state index >= 15 is 0 Å². The first-order chi connectivity index (χ1) is 12.6. The van der Waals surface area contributed by atoms with Crippen LogP contribution in [0.1, 0.15) is 30.9 Å². The molecule has 3 N–H and O–H groups in total. The van der Waals surface area contributed by atoms with Gasteiger partial charge >= 0.3 is 0 Å². The van der Waals surface area contributed by atoms with Crippen molar-refractivity contribution < 1.29 is 9.59 Å². The number of hydrogen-bond donors (Lipinski definition) is 3. The smallest absolute Gasteiger partial charge is 0.242 e. The van der Waals surface area contributed by atoms with Crippen molar-refractivity contribution >= 4 is 22.7 Å². The molecule has 3 rings (SSSR count). The van der Waals surface area contributed by atoms with Gasteiger partial charge in [0.15, 0.2) is 0 Å². The van der Waals surface area contributed by atoms with Crippen LogP contribution in [0.4, 0.5) is 0 Å². The zero-order valence-electron chi connectivity index (χ0n) is 15.0. The number of carbonyl (C=O) groups excluding carboxylic acids is 2. The summed E-state index contributed by atoms with van der Waals surface area (Å²) in [5.74, 6) is -0.398. The van der Waals surface area contributed by atoms with Gasteiger partial charge in [0.2, 0.25) is 11.8 Å². The largest absolute Gasteiger partial charge is 0.361 e. The van der Waals surface area contributed by atoms with Gasteiger partial charge in [0.25, 0.3) is 0 Å². The molecule has 0 bridgehead atoms. The van der Waals surface area contributed by atoms with E-state index in [4.69, 9.17) is 0 Å². The summed E-state index contributed by atoms with van der Waals surface area (Å²) in [6, 6.07) is 17.7. The van der Waals surface area contributed by atoms with Crippen LogP contribution < -0.4 is 10.6 Å². The summed E-state index contributed by atoms with van der Waals surface area (Å²) in [5.41, 5.74) is 3.34. The van der Waals surface area contributed by atoms with Crippen LogP contribution in [-0.2, 0) is 9.59 Å². The number of carbonyl (C=O) groups is 2. The molecule has 1 heterocycles. The van der Waals surface area contributed by atoms with Gasteiger partial charge in [0.1, 0.15) is 6.04 Å². The maximum atomic E-state index is 12.3. The van der Waals surface area contributed by atoms with E-state index in [2.05, 4.69) is 33.8 Å². The third-order valence-electron chi connectivity index (χ3n) is 4.49. The Labute approximate surface area is 152 Å². The second-order valence-corrected chi connectivity index (χ2v) is 6.42. The van der Waals surface area contributed by atoms with Crippen molar-refractivity contribution in [3.63, 3.8) is 0 Å². The second-order valence-electron chi connectivity index (χ2n) is 6.42. The SMILES string of the molecule is CC(=O)NC(C)C(=O)NCC(c1ccccc1)c1c[nH]c2ccccc12. The summed E-state index contributed by atoms with van der Waals surface area (Å²) in [6.07, 6.45) is 2.01. The van der Waals surface area contributed by atoms with E-state index in [1.54, 1.807) is 6.92 Å². The molecule has 0 saturated carbocycles. The molecule has 0 spiro atoms. The molecular weight excluding hydrogens is 326 g/mol. The van der Waals surface area contributed by atoms with Crippen LogP contribution in [0, 0.1) is 0 Å². The normalized spacial score (nSPS) is 13.2. The number of rotatable bonds is 6. The fourth-order valence-corrected chi connectivity index (χ4v) is 3.20. The molecule has 0 saturated heterocycles. The molecule has 2 aromatic carbocycles. The molecule has 0 radical (unpaired) electrons. The summed E-state index contributed by atoms with van der Waals surface area (Å²) in [4.78, 5) is 26.8. The van der Waals surface area contributed by atoms with Crippen molar-refractivity contribution in [1.29, 1.82) is 0 Å². The lowest BCUT2D eigenvalue weighted by Gasteiger charge is -2.20. The number of fused-ring (bicyclic) bond motifs is 1. The summed E-state index contributed by atoms with van der Waals surface area (Å²) in [5, 5.41) is 6.73. The van der Waals surface area contributed by atoms with Crippen molar-refractivity contribution in [1.82, 2.24) is 15.6 Å². The van der Waals surface area contributed by atoms with Crippen molar-refractivity contribution in [3.8, 4) is 0 Å². The minimum atomic E-state index is -0.563. The quantitative estimate of drug-likeness (QED) is 0.640. The summed E-state index contributed by atoms with van der Waals surface area (Å²) in [7, 11) is 0. The van der Waals surface area contributed by atoms with E-state index in [0.717, 1.165) is 22.0 Å². The number of nitrogens with one attached hydrogen (secondary N) is 3. The number of para-hydroxylation sites is 1. The number of amides is 2. The van der Waals surface area contributed by atoms with Crippen LogP contribution >= 0.6 is 0 Å². The average molecular weight is 349 g/mol. The number of benzene rings is 2. The Kier molecular flexibility index (Phi) is 5.37. The van der Waals surface area contributed by atoms with Gasteiger partial charge in [-0.2, -0.15) is 0 Å². The van der Waals surface area contributed by atoms with E-state index in [1.807, 2.05) is 42.6 Å². The average Bonchev–Trinajstić information content (AvgIpc) is 3.06. The van der Waals surface area contributed by atoms with Crippen LogP contribution in [0.15, 0.2) is 60.8 Å². The Bertz CT molecular complexity index is 902. The minimum Gasteiger partial charge on any atom is -0.361 e. The zero-order chi connectivity index (χ0) is 18.5. The molecule has 0 fully saturated rings. The monoisotopic (exact) mass is 349 g/mol. The molecule has 2 amide bonds. The molecule has 0 aliphatic rings. The molecule has 3 aromatic rings. The number of aromatic nitrogens is 1. The molecule has 134 valence electrons. The van der Waals surface area contributed by atoms with Gasteiger partial charge in [0, 0.05) is 36.5 Å². The lowest BCUT2D eigenvalue weighted by Crippen LogP contribution is -2.45. The number of aromatic amines is 1. The van der Waals surface area contributed by atoms with E-state index in [1.165, 1.54) is 6.92 Å². The Morgan fingerprint density at radius 3 is 2.46 bits per heavy atom. The predicted octanol–water partition coefficient (Wildman–Crippen LogP) is 2.94. The summed E-state index contributed by atoms with van der Waals surface area (Å²) >= 11 is 0. The Morgan fingerprint density at radius 1 is 1.04 bits per heavy atom. The fraction of sp³-hybridized carbons (Fsp3) is 0.238. The van der Waals surface area contributed by atoms with Crippen molar-refractivity contribution in [3.05, 3.63) is 71.9 Å². The van der Waals surface area contributed by atoms with Gasteiger partial charge in [-0.15, -0.1) is 0 Å². The third-order valence-corrected chi connectivity index (χ3v) is 4.49. The van der Waals surface area contributed by atoms with Gasteiger partial charge in [-0.25, -0.2) is 0 Å². The van der Waals surface area contributed by atoms with E-state index in [0.29, 0.717) is 6.54 Å². The maximum Gasteiger partial charge on any atom is 0.242 e. The molecule has 2 unspecified atom stereocenters. The van der Waals surface area contributed by atoms with Gasteiger partial charge in [-0.05, 0) is 24.1 Å². The Hall–Kier alpha value is -3.08.